The third-order valence-corrected chi connectivity index (χ3v) is 3.74. The van der Waals surface area contributed by atoms with Gasteiger partial charge >= 0.3 is 5.69 Å². The molecule has 2 aliphatic heterocycles. The third kappa shape index (κ3) is 2.03. The lowest BCUT2D eigenvalue weighted by Gasteiger charge is -2.27. The number of phenolic OH excluding ortho intramolecular Hbond substituents is 1. The first-order chi connectivity index (χ1) is 10.8. The number of nitrogens with one attached hydrogen (secondary N) is 1. The van der Waals surface area contributed by atoms with Crippen molar-refractivity contribution < 1.29 is 29.2 Å². The number of hydrogen-bond acceptors (Lipinski definition) is 7. The van der Waals surface area contributed by atoms with Gasteiger partial charge in [0.2, 0.25) is 11.8 Å². The minimum Gasteiger partial charge on any atom is -0.502 e. The van der Waals surface area contributed by atoms with Crippen LogP contribution in [0.5, 0.6) is 5.75 Å². The lowest BCUT2D eigenvalue weighted by molar-refractivity contribution is -0.386. The fourth-order valence-corrected chi connectivity index (χ4v) is 2.71. The number of hydrogen-bond donors (Lipinski definition) is 2. The van der Waals surface area contributed by atoms with E-state index in [1.807, 2.05) is 5.32 Å². The first kappa shape index (κ1) is 14.6. The SMILES string of the molecule is O=C1CCC(N2C(=O)c3ccc(O)c([N+](=O)[O-])c3C2=O)C(=O)N1. The molecule has 2 N–H and O–H groups in total. The molecule has 0 spiro atoms. The van der Waals surface area contributed by atoms with Crippen molar-refractivity contribution in [2.45, 2.75) is 18.9 Å². The summed E-state index contributed by atoms with van der Waals surface area (Å²) < 4.78 is 0. The molecule has 2 aliphatic rings. The van der Waals surface area contributed by atoms with Crippen molar-refractivity contribution in [3.63, 3.8) is 0 Å². The fourth-order valence-electron chi connectivity index (χ4n) is 2.71. The molecular weight excluding hydrogens is 310 g/mol. The average Bonchev–Trinajstić information content (AvgIpc) is 2.71. The number of nitro groups is 1. The van der Waals surface area contributed by atoms with Crippen LogP contribution in [0.2, 0.25) is 0 Å². The van der Waals surface area contributed by atoms with Crippen LogP contribution in [-0.2, 0) is 9.59 Å². The average molecular weight is 319 g/mol. The van der Waals surface area contributed by atoms with Crippen molar-refractivity contribution in [2.75, 3.05) is 0 Å². The molecule has 0 aromatic heterocycles. The maximum absolute atomic E-state index is 12.4. The van der Waals surface area contributed by atoms with Crippen LogP contribution in [0, 0.1) is 10.1 Å². The highest BCUT2D eigenvalue weighted by Gasteiger charge is 2.48. The zero-order valence-corrected chi connectivity index (χ0v) is 11.4. The molecule has 1 saturated heterocycles. The number of carbonyl (C=O) groups excluding carboxylic acids is 4. The molecule has 3 rings (SSSR count). The second-order valence-electron chi connectivity index (χ2n) is 5.06. The Bertz CT molecular complexity index is 801. The highest BCUT2D eigenvalue weighted by molar-refractivity contribution is 6.25. The summed E-state index contributed by atoms with van der Waals surface area (Å²) >= 11 is 0. The van der Waals surface area contributed by atoms with Crippen LogP contribution >= 0.6 is 0 Å². The van der Waals surface area contributed by atoms with Gasteiger partial charge in [-0.25, -0.2) is 0 Å². The lowest BCUT2D eigenvalue weighted by Crippen LogP contribution is -2.54. The highest BCUT2D eigenvalue weighted by Crippen LogP contribution is 2.38. The van der Waals surface area contributed by atoms with Crippen LogP contribution in [0.25, 0.3) is 0 Å². The molecule has 10 heteroatoms. The largest absolute Gasteiger partial charge is 0.502 e. The first-order valence-electron chi connectivity index (χ1n) is 6.55. The van der Waals surface area contributed by atoms with Gasteiger partial charge in [0.25, 0.3) is 11.8 Å². The summed E-state index contributed by atoms with van der Waals surface area (Å²) in [6.07, 6.45) is -0.118. The summed E-state index contributed by atoms with van der Waals surface area (Å²) in [5.74, 6) is -4.00. The number of imide groups is 2. The number of nitrogens with zero attached hydrogens (tertiary/aromatic N) is 2. The summed E-state index contributed by atoms with van der Waals surface area (Å²) in [6, 6.07) is 0.807. The molecule has 10 nitrogen and oxygen atoms in total. The smallest absolute Gasteiger partial charge is 0.324 e. The molecule has 1 unspecified atom stereocenters. The minimum atomic E-state index is -1.22. The molecule has 0 saturated carbocycles. The Kier molecular flexibility index (Phi) is 3.09. The van der Waals surface area contributed by atoms with E-state index in [0.717, 1.165) is 12.1 Å². The maximum Gasteiger partial charge on any atom is 0.324 e. The van der Waals surface area contributed by atoms with Gasteiger partial charge < -0.3 is 5.11 Å². The Labute approximate surface area is 127 Å². The topological polar surface area (TPSA) is 147 Å². The van der Waals surface area contributed by atoms with E-state index in [-0.39, 0.29) is 18.4 Å². The fraction of sp³-hybridized carbons (Fsp3) is 0.231. The normalized spacial score (nSPS) is 20.5. The van der Waals surface area contributed by atoms with Gasteiger partial charge in [0.05, 0.1) is 10.5 Å². The van der Waals surface area contributed by atoms with Crippen molar-refractivity contribution in [3.8, 4) is 5.75 Å². The van der Waals surface area contributed by atoms with Crippen molar-refractivity contribution in [2.24, 2.45) is 0 Å². The third-order valence-electron chi connectivity index (χ3n) is 3.74. The molecular formula is C13H9N3O7. The Morgan fingerprint density at radius 3 is 2.52 bits per heavy atom. The minimum absolute atomic E-state index is 0.0584. The quantitative estimate of drug-likeness (QED) is 0.432. The van der Waals surface area contributed by atoms with E-state index < -0.39 is 51.6 Å². The Morgan fingerprint density at radius 1 is 1.22 bits per heavy atom. The number of phenols is 1. The van der Waals surface area contributed by atoms with Gasteiger partial charge in [0.15, 0.2) is 5.75 Å². The van der Waals surface area contributed by atoms with E-state index >= 15 is 0 Å². The van der Waals surface area contributed by atoms with Crippen LogP contribution in [0.1, 0.15) is 33.6 Å². The van der Waals surface area contributed by atoms with Gasteiger partial charge in [-0.05, 0) is 18.6 Å². The van der Waals surface area contributed by atoms with Crippen molar-refractivity contribution in [3.05, 3.63) is 33.4 Å². The number of carbonyl (C=O) groups is 4. The molecule has 1 aromatic carbocycles. The number of aromatic hydroxyl groups is 1. The van der Waals surface area contributed by atoms with Gasteiger partial charge in [-0.2, -0.15) is 0 Å². The second kappa shape index (κ2) is 4.87. The Hall–Kier alpha value is -3.30. The number of nitro benzene ring substituents is 1. The molecule has 0 radical (unpaired) electrons. The number of fused-ring (bicyclic) bond motifs is 1. The summed E-state index contributed by atoms with van der Waals surface area (Å²) in [5.41, 5.74) is -1.69. The van der Waals surface area contributed by atoms with Crippen LogP contribution in [0.15, 0.2) is 12.1 Å². The van der Waals surface area contributed by atoms with Crippen molar-refractivity contribution >= 4 is 29.3 Å². The van der Waals surface area contributed by atoms with E-state index in [4.69, 9.17) is 0 Å². The molecule has 23 heavy (non-hydrogen) atoms. The van der Waals surface area contributed by atoms with Crippen LogP contribution in [0.4, 0.5) is 5.69 Å². The van der Waals surface area contributed by atoms with Crippen LogP contribution < -0.4 is 5.32 Å². The van der Waals surface area contributed by atoms with Gasteiger partial charge in [-0.15, -0.1) is 0 Å². The van der Waals surface area contributed by atoms with Crippen LogP contribution in [-0.4, -0.2) is 44.6 Å². The second-order valence-corrected chi connectivity index (χ2v) is 5.06. The summed E-state index contributed by atoms with van der Waals surface area (Å²) in [5, 5.41) is 22.7. The monoisotopic (exact) mass is 319 g/mol. The first-order valence-corrected chi connectivity index (χ1v) is 6.55. The molecule has 118 valence electrons. The highest BCUT2D eigenvalue weighted by atomic mass is 16.6. The van der Waals surface area contributed by atoms with E-state index in [0.29, 0.717) is 4.90 Å². The van der Waals surface area contributed by atoms with E-state index in [1.165, 1.54) is 0 Å². The van der Waals surface area contributed by atoms with E-state index in [1.54, 1.807) is 0 Å². The van der Waals surface area contributed by atoms with Crippen molar-refractivity contribution in [1.29, 1.82) is 0 Å². The molecule has 0 bridgehead atoms. The summed E-state index contributed by atoms with van der Waals surface area (Å²) in [7, 11) is 0. The summed E-state index contributed by atoms with van der Waals surface area (Å²) in [4.78, 5) is 58.5. The molecule has 1 atom stereocenters. The number of rotatable bonds is 2. The zero-order chi connectivity index (χ0) is 16.9. The standard InChI is InChI=1S/C13H9N3O7/c17-7-3-1-5-9(10(7)16(22)23)13(21)15(12(5)20)6-2-4-8(18)14-11(6)19/h1,3,6,17H,2,4H2,(H,14,18,19). The van der Waals surface area contributed by atoms with Gasteiger partial charge in [-0.3, -0.25) is 39.5 Å². The van der Waals surface area contributed by atoms with Crippen molar-refractivity contribution in [1.82, 2.24) is 10.2 Å². The van der Waals surface area contributed by atoms with Gasteiger partial charge in [-0.1, -0.05) is 0 Å². The predicted octanol–water partition coefficient (Wildman–Crippen LogP) is -0.298. The van der Waals surface area contributed by atoms with Gasteiger partial charge in [0.1, 0.15) is 11.6 Å². The van der Waals surface area contributed by atoms with Gasteiger partial charge in [0, 0.05) is 6.42 Å². The van der Waals surface area contributed by atoms with E-state index in [9.17, 15) is 34.4 Å². The van der Waals surface area contributed by atoms with Crippen LogP contribution in [0.3, 0.4) is 0 Å². The lowest BCUT2D eigenvalue weighted by atomic mass is 10.0. The molecule has 0 aliphatic carbocycles. The predicted molar refractivity (Wildman–Crippen MR) is 71.4 cm³/mol. The Balaban J connectivity index is 2.08. The molecule has 1 fully saturated rings. The number of benzene rings is 1. The molecule has 1 aromatic rings. The number of piperidine rings is 1. The molecule has 2 heterocycles. The Morgan fingerprint density at radius 2 is 1.91 bits per heavy atom. The maximum atomic E-state index is 12.4. The summed E-state index contributed by atoms with van der Waals surface area (Å²) in [6.45, 7) is 0. The molecule has 4 amide bonds. The zero-order valence-electron chi connectivity index (χ0n) is 11.4. The van der Waals surface area contributed by atoms with E-state index in [2.05, 4.69) is 0 Å². The number of amides is 4.